The summed E-state index contributed by atoms with van der Waals surface area (Å²) in [7, 11) is 1.87. The van der Waals surface area contributed by atoms with Gasteiger partial charge in [0.25, 0.3) is 0 Å². The summed E-state index contributed by atoms with van der Waals surface area (Å²) in [6.45, 7) is 4.26. The summed E-state index contributed by atoms with van der Waals surface area (Å²) in [6, 6.07) is 3.69. The molecule has 0 aliphatic carbocycles. The molecule has 8 heteroatoms. The number of nitriles is 1. The van der Waals surface area contributed by atoms with E-state index >= 15 is 0 Å². The van der Waals surface area contributed by atoms with Crippen LogP contribution in [0.1, 0.15) is 31.0 Å². The number of aryl methyl sites for hydroxylation is 1. The van der Waals surface area contributed by atoms with Crippen molar-refractivity contribution in [3.05, 3.63) is 40.7 Å². The van der Waals surface area contributed by atoms with Gasteiger partial charge in [0.2, 0.25) is 0 Å². The number of rotatable bonds is 5. The Balaban J connectivity index is 1.61. The zero-order chi connectivity index (χ0) is 19.4. The number of anilines is 2. The summed E-state index contributed by atoms with van der Waals surface area (Å²) in [4.78, 5) is 16.5. The highest BCUT2D eigenvalue weighted by molar-refractivity contribution is 6.33. The van der Waals surface area contributed by atoms with Gasteiger partial charge in [-0.15, -0.1) is 0 Å². The van der Waals surface area contributed by atoms with Crippen molar-refractivity contribution in [2.24, 2.45) is 5.92 Å². The molecule has 3 heterocycles. The van der Waals surface area contributed by atoms with E-state index in [0.717, 1.165) is 38.3 Å². The van der Waals surface area contributed by atoms with Crippen LogP contribution in [0.5, 0.6) is 0 Å². The van der Waals surface area contributed by atoms with Crippen LogP contribution >= 0.6 is 11.6 Å². The molecule has 142 valence electrons. The second-order valence-corrected chi connectivity index (χ2v) is 7.17. The van der Waals surface area contributed by atoms with Gasteiger partial charge in [-0.1, -0.05) is 18.5 Å². The molecular formula is C19H22ClFN6. The molecule has 27 heavy (non-hydrogen) atoms. The molecule has 0 radical (unpaired) electrons. The normalized spacial score (nSPS) is 14.9. The summed E-state index contributed by atoms with van der Waals surface area (Å²) in [5.41, 5.74) is 0.904. The molecule has 2 aromatic heterocycles. The number of hydrogen-bond donors (Lipinski definition) is 0. The number of aromatic nitrogens is 3. The van der Waals surface area contributed by atoms with Crippen LogP contribution < -0.4 is 9.80 Å². The Labute approximate surface area is 163 Å². The van der Waals surface area contributed by atoms with Crippen LogP contribution in [0, 0.1) is 23.1 Å². The fraction of sp³-hybridized carbons (Fsp3) is 0.474. The Morgan fingerprint density at radius 2 is 2.07 bits per heavy atom. The fourth-order valence-corrected chi connectivity index (χ4v) is 3.72. The van der Waals surface area contributed by atoms with Gasteiger partial charge in [0, 0.05) is 32.9 Å². The minimum Gasteiger partial charge on any atom is -0.357 e. The topological polar surface area (TPSA) is 68.9 Å². The van der Waals surface area contributed by atoms with E-state index in [1.807, 2.05) is 24.9 Å². The van der Waals surface area contributed by atoms with Crippen LogP contribution in [0.15, 0.2) is 18.6 Å². The van der Waals surface area contributed by atoms with E-state index < -0.39 is 0 Å². The van der Waals surface area contributed by atoms with Crippen molar-refractivity contribution >= 4 is 23.2 Å². The van der Waals surface area contributed by atoms with Crippen molar-refractivity contribution in [3.8, 4) is 6.07 Å². The molecule has 6 nitrogen and oxygen atoms in total. The average Bonchev–Trinajstić information content (AvgIpc) is 2.68. The lowest BCUT2D eigenvalue weighted by Gasteiger charge is -2.35. The highest BCUT2D eigenvalue weighted by Crippen LogP contribution is 2.29. The number of halogens is 2. The van der Waals surface area contributed by atoms with Gasteiger partial charge >= 0.3 is 0 Å². The van der Waals surface area contributed by atoms with E-state index in [-0.39, 0.29) is 5.82 Å². The summed E-state index contributed by atoms with van der Waals surface area (Å²) < 4.78 is 14.4. The van der Waals surface area contributed by atoms with Gasteiger partial charge in [-0.3, -0.25) is 0 Å². The van der Waals surface area contributed by atoms with Crippen molar-refractivity contribution in [1.29, 1.82) is 5.26 Å². The van der Waals surface area contributed by atoms with Crippen LogP contribution in [0.2, 0.25) is 5.02 Å². The van der Waals surface area contributed by atoms with Crippen molar-refractivity contribution in [1.82, 2.24) is 15.0 Å². The third-order valence-corrected chi connectivity index (χ3v) is 5.21. The average molecular weight is 389 g/mol. The highest BCUT2D eigenvalue weighted by Gasteiger charge is 2.24. The standard InChI is InChI=1S/C19H22ClFN6/c1-3-16-17(21)19(25-12-24-16)26(2)11-13-4-6-27(7-5-13)18-15(20)8-14(9-22)10-23-18/h8,10,12-13H,3-7,11H2,1-2H3. The van der Waals surface area contributed by atoms with Crippen molar-refractivity contribution in [2.75, 3.05) is 36.5 Å². The molecule has 1 aliphatic rings. The van der Waals surface area contributed by atoms with Gasteiger partial charge in [-0.2, -0.15) is 5.26 Å². The summed E-state index contributed by atoms with van der Waals surface area (Å²) in [6.07, 6.45) is 5.43. The predicted molar refractivity (Wildman–Crippen MR) is 104 cm³/mol. The first-order chi connectivity index (χ1) is 13.0. The van der Waals surface area contributed by atoms with E-state index in [2.05, 4.69) is 19.9 Å². The molecule has 1 aliphatic heterocycles. The van der Waals surface area contributed by atoms with E-state index in [1.54, 1.807) is 12.3 Å². The number of piperidine rings is 1. The smallest absolute Gasteiger partial charge is 0.187 e. The van der Waals surface area contributed by atoms with Crippen LogP contribution in [0.25, 0.3) is 0 Å². The molecule has 0 aromatic carbocycles. The van der Waals surface area contributed by atoms with Crippen molar-refractivity contribution in [3.63, 3.8) is 0 Å². The van der Waals surface area contributed by atoms with Crippen molar-refractivity contribution < 1.29 is 4.39 Å². The van der Waals surface area contributed by atoms with Crippen LogP contribution in [0.3, 0.4) is 0 Å². The van der Waals surface area contributed by atoms with E-state index in [0.29, 0.717) is 34.4 Å². The Morgan fingerprint density at radius 1 is 1.33 bits per heavy atom. The molecular weight excluding hydrogens is 367 g/mol. The molecule has 0 atom stereocenters. The van der Waals surface area contributed by atoms with Gasteiger partial charge in [-0.05, 0) is 31.2 Å². The molecule has 1 fully saturated rings. The molecule has 0 unspecified atom stereocenters. The Bertz CT molecular complexity index is 845. The zero-order valence-corrected chi connectivity index (χ0v) is 16.2. The molecule has 0 N–H and O–H groups in total. The van der Waals surface area contributed by atoms with E-state index in [4.69, 9.17) is 16.9 Å². The maximum Gasteiger partial charge on any atom is 0.187 e. The third-order valence-electron chi connectivity index (χ3n) is 4.94. The number of pyridine rings is 1. The fourth-order valence-electron chi connectivity index (χ4n) is 3.43. The highest BCUT2D eigenvalue weighted by atomic mass is 35.5. The van der Waals surface area contributed by atoms with Crippen LogP contribution in [0.4, 0.5) is 16.0 Å². The second kappa shape index (κ2) is 8.49. The SMILES string of the molecule is CCc1ncnc(N(C)CC2CCN(c3ncc(C#N)cc3Cl)CC2)c1F. The number of nitrogens with zero attached hydrogens (tertiary/aromatic N) is 6. The van der Waals surface area contributed by atoms with Gasteiger partial charge < -0.3 is 9.80 Å². The molecule has 3 rings (SSSR count). The summed E-state index contributed by atoms with van der Waals surface area (Å²) >= 11 is 6.27. The van der Waals surface area contributed by atoms with Gasteiger partial charge in [0.15, 0.2) is 11.6 Å². The first-order valence-corrected chi connectivity index (χ1v) is 9.42. The number of hydrogen-bond acceptors (Lipinski definition) is 6. The quantitative estimate of drug-likeness (QED) is 0.781. The van der Waals surface area contributed by atoms with E-state index in [9.17, 15) is 4.39 Å². The minimum atomic E-state index is -0.325. The van der Waals surface area contributed by atoms with Crippen LogP contribution in [-0.2, 0) is 6.42 Å². The molecule has 0 amide bonds. The Morgan fingerprint density at radius 3 is 2.70 bits per heavy atom. The lowest BCUT2D eigenvalue weighted by Crippen LogP contribution is -2.38. The van der Waals surface area contributed by atoms with Gasteiger partial charge in [0.05, 0.1) is 16.3 Å². The first-order valence-electron chi connectivity index (χ1n) is 9.04. The van der Waals surface area contributed by atoms with Gasteiger partial charge in [-0.25, -0.2) is 19.3 Å². The van der Waals surface area contributed by atoms with Crippen LogP contribution in [-0.4, -0.2) is 41.6 Å². The second-order valence-electron chi connectivity index (χ2n) is 6.76. The van der Waals surface area contributed by atoms with E-state index in [1.165, 1.54) is 6.33 Å². The largest absolute Gasteiger partial charge is 0.357 e. The summed E-state index contributed by atoms with van der Waals surface area (Å²) in [5, 5.41) is 9.43. The predicted octanol–water partition coefficient (Wildman–Crippen LogP) is 3.45. The maximum absolute atomic E-state index is 14.4. The Hall–Kier alpha value is -2.46. The minimum absolute atomic E-state index is 0.325. The monoisotopic (exact) mass is 388 g/mol. The maximum atomic E-state index is 14.4. The third kappa shape index (κ3) is 4.28. The Kier molecular flexibility index (Phi) is 6.07. The molecule has 0 bridgehead atoms. The molecule has 2 aromatic rings. The molecule has 1 saturated heterocycles. The van der Waals surface area contributed by atoms with Crippen molar-refractivity contribution in [2.45, 2.75) is 26.2 Å². The zero-order valence-electron chi connectivity index (χ0n) is 15.5. The molecule has 0 saturated carbocycles. The first kappa shape index (κ1) is 19.3. The lowest BCUT2D eigenvalue weighted by molar-refractivity contribution is 0.405. The summed E-state index contributed by atoms with van der Waals surface area (Å²) in [5.74, 6) is 1.19. The molecule has 0 spiro atoms. The van der Waals surface area contributed by atoms with Gasteiger partial charge in [0.1, 0.15) is 18.2 Å². The lowest BCUT2D eigenvalue weighted by atomic mass is 9.96.